The second-order valence-electron chi connectivity index (χ2n) is 4.16. The Labute approximate surface area is 104 Å². The number of hydrogen-bond donors (Lipinski definition) is 2. The molecule has 3 rings (SSSR count). The molecule has 1 fully saturated rings. The molecule has 90 valence electrons. The van der Waals surface area contributed by atoms with Gasteiger partial charge in [0.25, 0.3) is 0 Å². The molecule has 5 heteroatoms. The van der Waals surface area contributed by atoms with E-state index in [9.17, 15) is 0 Å². The van der Waals surface area contributed by atoms with Crippen LogP contribution in [-0.4, -0.2) is 31.2 Å². The first-order valence-corrected chi connectivity index (χ1v) is 6.59. The molecule has 1 aliphatic rings. The highest BCUT2D eigenvalue weighted by Crippen LogP contribution is 2.32. The van der Waals surface area contributed by atoms with Crippen LogP contribution in [0.25, 0.3) is 10.2 Å². The number of nitrogens with zero attached hydrogens (tertiary/aromatic N) is 1. The van der Waals surface area contributed by atoms with Crippen LogP contribution in [0.4, 0.5) is 5.13 Å². The zero-order chi connectivity index (χ0) is 11.7. The van der Waals surface area contributed by atoms with E-state index in [0.717, 1.165) is 40.6 Å². The minimum absolute atomic E-state index is 0.501. The molecule has 2 aromatic rings. The first-order chi connectivity index (χ1) is 8.36. The van der Waals surface area contributed by atoms with Crippen LogP contribution in [0, 0.1) is 0 Å². The number of hydrogen-bond acceptors (Lipinski definition) is 5. The van der Waals surface area contributed by atoms with E-state index in [-0.39, 0.29) is 0 Å². The summed E-state index contributed by atoms with van der Waals surface area (Å²) < 4.78 is 6.48. The molecule has 1 aromatic carbocycles. The van der Waals surface area contributed by atoms with Gasteiger partial charge in [0.2, 0.25) is 0 Å². The van der Waals surface area contributed by atoms with Crippen LogP contribution in [0.1, 0.15) is 6.42 Å². The van der Waals surface area contributed by atoms with Gasteiger partial charge in [0.15, 0.2) is 5.13 Å². The van der Waals surface area contributed by atoms with Crippen molar-refractivity contribution in [2.75, 3.05) is 25.5 Å². The van der Waals surface area contributed by atoms with Crippen molar-refractivity contribution >= 4 is 26.7 Å². The van der Waals surface area contributed by atoms with E-state index >= 15 is 0 Å². The fourth-order valence-corrected chi connectivity index (χ4v) is 3.06. The summed E-state index contributed by atoms with van der Waals surface area (Å²) in [5.74, 6) is 0.844. The summed E-state index contributed by atoms with van der Waals surface area (Å²) in [5, 5.41) is 7.79. The zero-order valence-corrected chi connectivity index (χ0v) is 10.5. The maximum absolute atomic E-state index is 5.31. The molecule has 1 aliphatic heterocycles. The largest absolute Gasteiger partial charge is 0.494 e. The number of anilines is 1. The summed E-state index contributed by atoms with van der Waals surface area (Å²) in [6, 6.07) is 6.53. The third-order valence-electron chi connectivity index (χ3n) is 2.99. The number of para-hydroxylation sites is 1. The number of fused-ring (bicyclic) bond motifs is 1. The van der Waals surface area contributed by atoms with Crippen LogP contribution >= 0.6 is 11.3 Å². The third kappa shape index (κ3) is 2.08. The molecule has 4 nitrogen and oxygen atoms in total. The van der Waals surface area contributed by atoms with Crippen molar-refractivity contribution in [3.63, 3.8) is 0 Å². The predicted octanol–water partition coefficient (Wildman–Crippen LogP) is 2.08. The molecule has 0 aliphatic carbocycles. The lowest BCUT2D eigenvalue weighted by molar-refractivity contribution is 0.419. The van der Waals surface area contributed by atoms with Gasteiger partial charge < -0.3 is 15.4 Å². The van der Waals surface area contributed by atoms with Crippen LogP contribution in [-0.2, 0) is 0 Å². The fraction of sp³-hybridized carbons (Fsp3) is 0.417. The summed E-state index contributed by atoms with van der Waals surface area (Å²) in [7, 11) is 1.68. The molecule has 0 bridgehead atoms. The van der Waals surface area contributed by atoms with Gasteiger partial charge in [-0.1, -0.05) is 17.4 Å². The molecule has 0 radical (unpaired) electrons. The molecule has 1 saturated heterocycles. The van der Waals surface area contributed by atoms with E-state index in [4.69, 9.17) is 4.74 Å². The van der Waals surface area contributed by atoms with Crippen molar-refractivity contribution in [3.8, 4) is 5.75 Å². The molecule has 1 atom stereocenters. The van der Waals surface area contributed by atoms with Gasteiger partial charge in [0.05, 0.1) is 11.8 Å². The molecule has 17 heavy (non-hydrogen) atoms. The summed E-state index contributed by atoms with van der Waals surface area (Å²) in [4.78, 5) is 4.60. The Balaban J connectivity index is 1.90. The van der Waals surface area contributed by atoms with Crippen LogP contribution < -0.4 is 15.4 Å². The number of nitrogens with one attached hydrogen (secondary N) is 2. The Morgan fingerprint density at radius 3 is 3.24 bits per heavy atom. The number of aromatic nitrogens is 1. The molecule has 0 spiro atoms. The highest BCUT2D eigenvalue weighted by Gasteiger charge is 2.16. The lowest BCUT2D eigenvalue weighted by Gasteiger charge is -2.08. The van der Waals surface area contributed by atoms with Gasteiger partial charge in [-0.3, -0.25) is 0 Å². The number of ether oxygens (including phenoxy) is 1. The van der Waals surface area contributed by atoms with Crippen molar-refractivity contribution in [2.24, 2.45) is 0 Å². The Morgan fingerprint density at radius 2 is 2.47 bits per heavy atom. The standard InChI is InChI=1S/C12H15N3OS/c1-16-9-3-2-4-10-11(9)15-12(17-10)14-8-5-6-13-7-8/h2-4,8,13H,5-7H2,1H3,(H,14,15). The average Bonchev–Trinajstić information content (AvgIpc) is 2.97. The number of methoxy groups -OCH3 is 1. The van der Waals surface area contributed by atoms with Crippen molar-refractivity contribution in [1.29, 1.82) is 0 Å². The predicted molar refractivity (Wildman–Crippen MR) is 71.1 cm³/mol. The quantitative estimate of drug-likeness (QED) is 0.874. The molecule has 2 N–H and O–H groups in total. The van der Waals surface area contributed by atoms with Gasteiger partial charge in [0.1, 0.15) is 11.3 Å². The number of thiazole rings is 1. The van der Waals surface area contributed by atoms with E-state index in [0.29, 0.717) is 6.04 Å². The van der Waals surface area contributed by atoms with Crippen LogP contribution in [0.15, 0.2) is 18.2 Å². The van der Waals surface area contributed by atoms with Crippen LogP contribution in [0.3, 0.4) is 0 Å². The summed E-state index contributed by atoms with van der Waals surface area (Å²) in [5.41, 5.74) is 0.952. The smallest absolute Gasteiger partial charge is 0.184 e. The molecule has 1 unspecified atom stereocenters. The van der Waals surface area contributed by atoms with Crippen LogP contribution in [0.5, 0.6) is 5.75 Å². The fourth-order valence-electron chi connectivity index (χ4n) is 2.10. The first-order valence-electron chi connectivity index (χ1n) is 5.77. The highest BCUT2D eigenvalue weighted by atomic mass is 32.1. The monoisotopic (exact) mass is 249 g/mol. The van der Waals surface area contributed by atoms with Gasteiger partial charge in [-0.25, -0.2) is 4.98 Å². The van der Waals surface area contributed by atoms with E-state index in [1.165, 1.54) is 0 Å². The minimum atomic E-state index is 0.501. The minimum Gasteiger partial charge on any atom is -0.494 e. The van der Waals surface area contributed by atoms with Gasteiger partial charge >= 0.3 is 0 Å². The Kier molecular flexibility index (Phi) is 2.86. The Bertz CT molecular complexity index is 519. The van der Waals surface area contributed by atoms with Gasteiger partial charge in [-0.15, -0.1) is 0 Å². The van der Waals surface area contributed by atoms with Crippen LogP contribution in [0.2, 0.25) is 0 Å². The molecule has 1 aromatic heterocycles. The number of benzene rings is 1. The second kappa shape index (κ2) is 4.50. The maximum Gasteiger partial charge on any atom is 0.184 e. The second-order valence-corrected chi connectivity index (χ2v) is 5.19. The average molecular weight is 249 g/mol. The normalized spacial score (nSPS) is 19.7. The molecule has 0 saturated carbocycles. The lowest BCUT2D eigenvalue weighted by Crippen LogP contribution is -2.21. The number of rotatable bonds is 3. The summed E-state index contributed by atoms with van der Waals surface area (Å²) in [6.07, 6.45) is 1.16. The van der Waals surface area contributed by atoms with E-state index in [2.05, 4.69) is 21.7 Å². The third-order valence-corrected chi connectivity index (χ3v) is 3.94. The van der Waals surface area contributed by atoms with Gasteiger partial charge in [-0.2, -0.15) is 0 Å². The van der Waals surface area contributed by atoms with Gasteiger partial charge in [-0.05, 0) is 25.1 Å². The van der Waals surface area contributed by atoms with Crippen molar-refractivity contribution in [3.05, 3.63) is 18.2 Å². The first kappa shape index (κ1) is 10.8. The maximum atomic E-state index is 5.31. The topological polar surface area (TPSA) is 46.2 Å². The zero-order valence-electron chi connectivity index (χ0n) is 9.69. The van der Waals surface area contributed by atoms with Crippen molar-refractivity contribution in [1.82, 2.24) is 10.3 Å². The SMILES string of the molecule is COc1cccc2sc(NC3CCNC3)nc12. The molecule has 0 amide bonds. The van der Waals surface area contributed by atoms with Crippen molar-refractivity contribution in [2.45, 2.75) is 12.5 Å². The van der Waals surface area contributed by atoms with Gasteiger partial charge in [0, 0.05) is 12.6 Å². The molecular formula is C12H15N3OS. The lowest BCUT2D eigenvalue weighted by atomic mass is 10.3. The summed E-state index contributed by atoms with van der Waals surface area (Å²) >= 11 is 1.68. The Hall–Kier alpha value is -1.33. The van der Waals surface area contributed by atoms with E-state index in [1.807, 2.05) is 12.1 Å². The molecule has 2 heterocycles. The summed E-state index contributed by atoms with van der Waals surface area (Å²) in [6.45, 7) is 2.11. The van der Waals surface area contributed by atoms with E-state index < -0.39 is 0 Å². The Morgan fingerprint density at radius 1 is 1.53 bits per heavy atom. The highest BCUT2D eigenvalue weighted by molar-refractivity contribution is 7.22. The van der Waals surface area contributed by atoms with Crippen molar-refractivity contribution < 1.29 is 4.74 Å². The van der Waals surface area contributed by atoms with E-state index in [1.54, 1.807) is 18.4 Å². The molecular weight excluding hydrogens is 234 g/mol.